The summed E-state index contributed by atoms with van der Waals surface area (Å²) < 4.78 is 12.0. The van der Waals surface area contributed by atoms with Crippen molar-refractivity contribution in [2.24, 2.45) is 0 Å². The Hall–Kier alpha value is 0.354. The Balaban J connectivity index is 0.00000144. The van der Waals surface area contributed by atoms with E-state index < -0.39 is 0 Å². The molecular formula is C12H27O2Si2+. The molecule has 94 valence electrons. The fourth-order valence-electron chi connectivity index (χ4n) is 2.91. The first-order valence-electron chi connectivity index (χ1n) is 6.90. The van der Waals surface area contributed by atoms with Gasteiger partial charge in [0.2, 0.25) is 0 Å². The normalized spacial score (nSPS) is 41.2. The molecule has 0 aromatic rings. The van der Waals surface area contributed by atoms with Crippen molar-refractivity contribution in [3.8, 4) is 0 Å². The Labute approximate surface area is 107 Å². The van der Waals surface area contributed by atoms with Crippen molar-refractivity contribution in [1.82, 2.24) is 0 Å². The van der Waals surface area contributed by atoms with E-state index in [9.17, 15) is 0 Å². The molecule has 2 heterocycles. The molecule has 2 unspecified atom stereocenters. The van der Waals surface area contributed by atoms with Crippen molar-refractivity contribution >= 4 is 20.5 Å². The standard InChI is InChI=1S/C12H26O2Si2/c15-11(5-1-3-9-13-11)7-8-12(16)6-2-4-10-14-12/h1-10H2,15-16H3/p+1. The van der Waals surface area contributed by atoms with Crippen LogP contribution in [-0.4, -0.2) is 44.1 Å². The van der Waals surface area contributed by atoms with E-state index in [1.807, 2.05) is 0 Å². The molecule has 2 saturated heterocycles. The van der Waals surface area contributed by atoms with Crippen molar-refractivity contribution in [2.75, 3.05) is 13.2 Å². The second kappa shape index (κ2) is 5.33. The van der Waals surface area contributed by atoms with Crippen molar-refractivity contribution in [3.05, 3.63) is 0 Å². The van der Waals surface area contributed by atoms with E-state index in [1.165, 1.54) is 71.9 Å². The summed E-state index contributed by atoms with van der Waals surface area (Å²) in [7, 11) is 2.37. The molecule has 2 nitrogen and oxygen atoms in total. The third-order valence-electron chi connectivity index (χ3n) is 4.28. The molecule has 0 N–H and O–H groups in total. The number of hydrogen-bond donors (Lipinski definition) is 0. The first kappa shape index (κ1) is 12.8. The Bertz CT molecular complexity index is 203. The number of ether oxygens (including phenoxy) is 2. The number of rotatable bonds is 3. The first-order chi connectivity index (χ1) is 7.62. The molecule has 2 rings (SSSR count). The highest BCUT2D eigenvalue weighted by Crippen LogP contribution is 2.32. The molecule has 0 saturated carbocycles. The molecule has 0 amide bonds. The summed E-state index contributed by atoms with van der Waals surface area (Å²) in [6, 6.07) is 0. The average Bonchev–Trinajstić information content (AvgIpc) is 2.29. The molecular weight excluding hydrogens is 232 g/mol. The lowest BCUT2D eigenvalue weighted by molar-refractivity contribution is -0.0585. The van der Waals surface area contributed by atoms with E-state index in [-0.39, 0.29) is 11.9 Å². The molecule has 0 aromatic carbocycles. The van der Waals surface area contributed by atoms with Gasteiger partial charge < -0.3 is 9.47 Å². The van der Waals surface area contributed by atoms with E-state index in [1.54, 1.807) is 0 Å². The van der Waals surface area contributed by atoms with Gasteiger partial charge in [-0.25, -0.2) is 0 Å². The monoisotopic (exact) mass is 259 g/mol. The van der Waals surface area contributed by atoms with Gasteiger partial charge in [0.05, 0.1) is 0 Å². The van der Waals surface area contributed by atoms with Crippen LogP contribution >= 0.6 is 0 Å². The zero-order valence-corrected chi connectivity index (χ0v) is 14.9. The summed E-state index contributed by atoms with van der Waals surface area (Å²) >= 11 is 0. The van der Waals surface area contributed by atoms with E-state index in [2.05, 4.69) is 0 Å². The molecule has 2 fully saturated rings. The van der Waals surface area contributed by atoms with Crippen molar-refractivity contribution in [1.29, 1.82) is 0 Å². The van der Waals surface area contributed by atoms with Crippen LogP contribution in [0.15, 0.2) is 0 Å². The Kier molecular flexibility index (Phi) is 4.27. The van der Waals surface area contributed by atoms with Gasteiger partial charge in [-0.05, 0) is 51.4 Å². The fraction of sp³-hybridized carbons (Fsp3) is 1.00. The Morgan fingerprint density at radius 1 is 0.812 bits per heavy atom. The molecule has 2 atom stereocenters. The van der Waals surface area contributed by atoms with Gasteiger partial charge in [-0.1, -0.05) is 0 Å². The fourth-order valence-corrected chi connectivity index (χ4v) is 4.52. The largest absolute Gasteiger partial charge is 1.00 e. The SMILES string of the molecule is [H+].[SiH3]C1(CCC2([SiH3])CCCCO2)CCCCO1. The van der Waals surface area contributed by atoms with Gasteiger partial charge in [-0.15, -0.1) is 0 Å². The first-order valence-corrected chi connectivity index (χ1v) is 8.90. The van der Waals surface area contributed by atoms with Gasteiger partial charge in [-0.3, -0.25) is 0 Å². The maximum absolute atomic E-state index is 6.02. The van der Waals surface area contributed by atoms with Crippen LogP contribution in [0.3, 0.4) is 0 Å². The van der Waals surface area contributed by atoms with E-state index >= 15 is 0 Å². The maximum atomic E-state index is 6.02. The summed E-state index contributed by atoms with van der Waals surface area (Å²) in [5.41, 5.74) is 0. The molecule has 2 aliphatic rings. The lowest BCUT2D eigenvalue weighted by Gasteiger charge is -2.39. The molecule has 4 heteroatoms. The molecule has 0 aromatic heterocycles. The van der Waals surface area contributed by atoms with Crippen LogP contribution < -0.4 is 0 Å². The van der Waals surface area contributed by atoms with Crippen molar-refractivity contribution in [2.45, 2.75) is 61.8 Å². The Morgan fingerprint density at radius 2 is 1.25 bits per heavy atom. The highest BCUT2D eigenvalue weighted by molar-refractivity contribution is 6.15. The van der Waals surface area contributed by atoms with Crippen LogP contribution in [0.2, 0.25) is 0 Å². The minimum absolute atomic E-state index is 0. The second-order valence-electron chi connectivity index (χ2n) is 6.01. The van der Waals surface area contributed by atoms with Crippen LogP contribution in [0, 0.1) is 0 Å². The van der Waals surface area contributed by atoms with Crippen LogP contribution in [0.25, 0.3) is 0 Å². The van der Waals surface area contributed by atoms with Crippen molar-refractivity contribution < 1.29 is 10.9 Å². The zero-order valence-electron chi connectivity index (χ0n) is 11.9. The van der Waals surface area contributed by atoms with Gasteiger partial charge in [-0.2, -0.15) is 0 Å². The molecule has 16 heavy (non-hydrogen) atoms. The molecule has 0 spiro atoms. The summed E-state index contributed by atoms with van der Waals surface area (Å²) in [6.07, 6.45) is 10.4. The molecule has 2 aliphatic heterocycles. The summed E-state index contributed by atoms with van der Waals surface area (Å²) in [5.74, 6) is 0. The molecule has 0 bridgehead atoms. The third kappa shape index (κ3) is 3.42. The topological polar surface area (TPSA) is 18.5 Å². The van der Waals surface area contributed by atoms with Gasteiger partial charge >= 0.3 is 1.43 Å². The highest BCUT2D eigenvalue weighted by Gasteiger charge is 2.33. The summed E-state index contributed by atoms with van der Waals surface area (Å²) in [5, 5.41) is 0.576. The zero-order chi connectivity index (χ0) is 11.5. The maximum Gasteiger partial charge on any atom is 1.00 e. The molecule has 0 aliphatic carbocycles. The van der Waals surface area contributed by atoms with Gasteiger partial charge in [0.15, 0.2) is 0 Å². The minimum Gasteiger partial charge on any atom is -0.380 e. The lowest BCUT2D eigenvalue weighted by Crippen LogP contribution is -2.42. The second-order valence-corrected chi connectivity index (χ2v) is 9.66. The van der Waals surface area contributed by atoms with Gasteiger partial charge in [0, 0.05) is 44.1 Å². The number of hydrogen-bond acceptors (Lipinski definition) is 2. The van der Waals surface area contributed by atoms with E-state index in [0.29, 0.717) is 0 Å². The van der Waals surface area contributed by atoms with Crippen LogP contribution in [0.4, 0.5) is 0 Å². The quantitative estimate of drug-likeness (QED) is 0.683. The van der Waals surface area contributed by atoms with E-state index in [4.69, 9.17) is 9.47 Å². The predicted molar refractivity (Wildman–Crippen MR) is 75.3 cm³/mol. The van der Waals surface area contributed by atoms with E-state index in [0.717, 1.165) is 13.2 Å². The van der Waals surface area contributed by atoms with Crippen LogP contribution in [-0.2, 0) is 9.47 Å². The minimum atomic E-state index is 0. The highest BCUT2D eigenvalue weighted by atomic mass is 28.1. The summed E-state index contributed by atoms with van der Waals surface area (Å²) in [4.78, 5) is 0. The van der Waals surface area contributed by atoms with Crippen molar-refractivity contribution in [3.63, 3.8) is 0 Å². The lowest BCUT2D eigenvalue weighted by atomic mass is 9.97. The summed E-state index contributed by atoms with van der Waals surface area (Å²) in [6.45, 7) is 2.00. The smallest absolute Gasteiger partial charge is 0.380 e. The Morgan fingerprint density at radius 3 is 1.56 bits per heavy atom. The average molecular weight is 260 g/mol. The van der Waals surface area contributed by atoms with Crippen LogP contribution in [0.1, 0.15) is 52.8 Å². The van der Waals surface area contributed by atoms with Crippen LogP contribution in [0.5, 0.6) is 0 Å². The molecule has 0 radical (unpaired) electrons. The van der Waals surface area contributed by atoms with Gasteiger partial charge in [0.1, 0.15) is 0 Å². The van der Waals surface area contributed by atoms with Gasteiger partial charge in [0.25, 0.3) is 0 Å². The predicted octanol–water partition coefficient (Wildman–Crippen LogP) is 0.403. The third-order valence-corrected chi connectivity index (χ3v) is 6.86.